The number of nitrogens with zero attached hydrogens (tertiary/aromatic N) is 1. The zero-order chi connectivity index (χ0) is 14.5. The summed E-state index contributed by atoms with van der Waals surface area (Å²) in [5.41, 5.74) is 2.26. The molecule has 0 heterocycles. The zero-order valence-electron chi connectivity index (χ0n) is 12.2. The molecule has 2 rings (SSSR count). The summed E-state index contributed by atoms with van der Waals surface area (Å²) >= 11 is 3.51. The van der Waals surface area contributed by atoms with Crippen LogP contribution in [0.5, 0.6) is 0 Å². The van der Waals surface area contributed by atoms with Gasteiger partial charge in [0.25, 0.3) is 0 Å². The van der Waals surface area contributed by atoms with E-state index in [1.807, 2.05) is 49.3 Å². The molecule has 2 aromatic carbocycles. The fraction of sp³-hybridized carbons (Fsp3) is 0.294. The van der Waals surface area contributed by atoms with Crippen molar-refractivity contribution in [2.24, 2.45) is 0 Å². The lowest BCUT2D eigenvalue weighted by Crippen LogP contribution is -2.31. The first-order chi connectivity index (χ1) is 9.58. The number of hydrogen-bond acceptors (Lipinski definition) is 2. The van der Waals surface area contributed by atoms with Crippen molar-refractivity contribution >= 4 is 28.3 Å². The molecule has 2 atom stereocenters. The molecular formula is C17H21BrClNO. The number of halogens is 2. The van der Waals surface area contributed by atoms with Crippen molar-refractivity contribution in [2.45, 2.75) is 12.0 Å². The van der Waals surface area contributed by atoms with Gasteiger partial charge in [0.1, 0.15) is 0 Å². The Morgan fingerprint density at radius 1 is 1.00 bits per heavy atom. The van der Waals surface area contributed by atoms with E-state index in [9.17, 15) is 5.11 Å². The average Bonchev–Trinajstić information content (AvgIpc) is 2.39. The molecule has 21 heavy (non-hydrogen) atoms. The number of aliphatic hydroxyl groups excluding tert-OH is 1. The molecule has 0 amide bonds. The first kappa shape index (κ1) is 18.2. The molecule has 0 aromatic heterocycles. The molecule has 2 aromatic rings. The smallest absolute Gasteiger partial charge is 0.0775 e. The van der Waals surface area contributed by atoms with Crippen molar-refractivity contribution in [3.63, 3.8) is 0 Å². The van der Waals surface area contributed by atoms with Crippen LogP contribution in [-0.2, 0) is 0 Å². The number of benzene rings is 2. The second-order valence-corrected chi connectivity index (χ2v) is 6.19. The van der Waals surface area contributed by atoms with E-state index in [4.69, 9.17) is 0 Å². The summed E-state index contributed by atoms with van der Waals surface area (Å²) < 4.78 is 1.04. The van der Waals surface area contributed by atoms with Crippen molar-refractivity contribution in [1.29, 1.82) is 0 Å². The quantitative estimate of drug-likeness (QED) is 0.862. The van der Waals surface area contributed by atoms with E-state index in [2.05, 4.69) is 40.2 Å². The Labute approximate surface area is 141 Å². The Morgan fingerprint density at radius 3 is 2.19 bits per heavy atom. The molecule has 114 valence electrons. The summed E-state index contributed by atoms with van der Waals surface area (Å²) in [6.45, 7) is 0.631. The zero-order valence-corrected chi connectivity index (χ0v) is 14.6. The van der Waals surface area contributed by atoms with Gasteiger partial charge in [0, 0.05) is 16.9 Å². The van der Waals surface area contributed by atoms with Crippen LogP contribution in [0.4, 0.5) is 0 Å². The molecule has 0 aliphatic carbocycles. The second kappa shape index (κ2) is 8.54. The maximum Gasteiger partial charge on any atom is 0.0775 e. The van der Waals surface area contributed by atoms with Gasteiger partial charge in [-0.1, -0.05) is 58.4 Å². The monoisotopic (exact) mass is 369 g/mol. The largest absolute Gasteiger partial charge is 0.391 e. The molecule has 0 bridgehead atoms. The number of likely N-dealkylation sites (N-methyl/N-ethyl adjacent to an activating group) is 1. The van der Waals surface area contributed by atoms with Gasteiger partial charge in [-0.05, 0) is 37.4 Å². The van der Waals surface area contributed by atoms with Crippen LogP contribution in [0, 0.1) is 0 Å². The van der Waals surface area contributed by atoms with E-state index in [1.165, 1.54) is 0 Å². The highest BCUT2D eigenvalue weighted by Gasteiger charge is 2.23. The van der Waals surface area contributed by atoms with E-state index in [0.717, 1.165) is 15.6 Å². The predicted octanol–water partition coefficient (Wildman–Crippen LogP) is 3.93. The van der Waals surface area contributed by atoms with Crippen molar-refractivity contribution in [3.05, 3.63) is 70.2 Å². The highest BCUT2D eigenvalue weighted by Crippen LogP contribution is 2.30. The highest BCUT2D eigenvalue weighted by molar-refractivity contribution is 9.10. The van der Waals surface area contributed by atoms with Crippen LogP contribution >= 0.6 is 28.3 Å². The maximum atomic E-state index is 10.6. The summed E-state index contributed by atoms with van der Waals surface area (Å²) in [5.74, 6) is -0.0175. The fourth-order valence-corrected chi connectivity index (χ4v) is 2.89. The molecule has 0 saturated heterocycles. The highest BCUT2D eigenvalue weighted by atomic mass is 79.9. The minimum absolute atomic E-state index is 0. The first-order valence-electron chi connectivity index (χ1n) is 6.71. The van der Waals surface area contributed by atoms with Gasteiger partial charge in [-0.3, -0.25) is 0 Å². The fourth-order valence-electron chi connectivity index (χ4n) is 2.48. The third kappa shape index (κ3) is 5.11. The Hall–Kier alpha value is -0.870. The second-order valence-electron chi connectivity index (χ2n) is 5.27. The van der Waals surface area contributed by atoms with E-state index >= 15 is 0 Å². The Balaban J connectivity index is 0.00000220. The predicted molar refractivity (Wildman–Crippen MR) is 94.2 cm³/mol. The summed E-state index contributed by atoms with van der Waals surface area (Å²) in [4.78, 5) is 2.01. The molecule has 0 fully saturated rings. The molecule has 0 radical (unpaired) electrons. The van der Waals surface area contributed by atoms with Crippen molar-refractivity contribution < 1.29 is 5.11 Å². The van der Waals surface area contributed by atoms with Crippen LogP contribution in [0.15, 0.2) is 59.1 Å². The van der Waals surface area contributed by atoms with Gasteiger partial charge < -0.3 is 10.0 Å². The Bertz CT molecular complexity index is 547. The van der Waals surface area contributed by atoms with Crippen LogP contribution in [0.1, 0.15) is 17.0 Å². The summed E-state index contributed by atoms with van der Waals surface area (Å²) in [6, 6.07) is 18.3. The molecule has 1 N–H and O–H groups in total. The van der Waals surface area contributed by atoms with Gasteiger partial charge in [0.15, 0.2) is 0 Å². The maximum absolute atomic E-state index is 10.6. The molecule has 0 aliphatic heterocycles. The molecule has 2 nitrogen and oxygen atoms in total. The lowest BCUT2D eigenvalue weighted by Gasteiger charge is -2.26. The third-order valence-corrected chi connectivity index (χ3v) is 3.80. The third-order valence-electron chi connectivity index (χ3n) is 3.30. The molecule has 2 unspecified atom stereocenters. The molecular weight excluding hydrogens is 350 g/mol. The number of hydrogen-bond donors (Lipinski definition) is 1. The summed E-state index contributed by atoms with van der Waals surface area (Å²) in [6.07, 6.45) is -0.443. The normalized spacial score (nSPS) is 13.6. The van der Waals surface area contributed by atoms with Crippen molar-refractivity contribution in [1.82, 2.24) is 4.90 Å². The van der Waals surface area contributed by atoms with Crippen molar-refractivity contribution in [2.75, 3.05) is 20.6 Å². The summed E-state index contributed by atoms with van der Waals surface area (Å²) in [7, 11) is 3.96. The van der Waals surface area contributed by atoms with Crippen LogP contribution in [0.3, 0.4) is 0 Å². The van der Waals surface area contributed by atoms with Gasteiger partial charge in [0.2, 0.25) is 0 Å². The molecule has 0 saturated carbocycles. The van der Waals surface area contributed by atoms with E-state index in [-0.39, 0.29) is 18.3 Å². The minimum Gasteiger partial charge on any atom is -0.391 e. The van der Waals surface area contributed by atoms with Crippen molar-refractivity contribution in [3.8, 4) is 0 Å². The summed E-state index contributed by atoms with van der Waals surface area (Å²) in [5, 5.41) is 10.6. The van der Waals surface area contributed by atoms with Crippen LogP contribution < -0.4 is 0 Å². The van der Waals surface area contributed by atoms with Gasteiger partial charge in [0.05, 0.1) is 6.10 Å². The number of rotatable bonds is 5. The SMILES string of the molecule is CN(C)CC(O)C(c1ccccc1)c1cccc(Br)c1.Cl. The first-order valence-corrected chi connectivity index (χ1v) is 7.50. The lowest BCUT2D eigenvalue weighted by molar-refractivity contribution is 0.121. The average molecular weight is 371 g/mol. The number of aliphatic hydroxyl groups is 1. The standard InChI is InChI=1S/C17H20BrNO.ClH/c1-19(2)12-16(20)17(13-7-4-3-5-8-13)14-9-6-10-15(18)11-14;/h3-11,16-17,20H,12H2,1-2H3;1H. The molecule has 0 spiro atoms. The Kier molecular flexibility index (Phi) is 7.40. The Morgan fingerprint density at radius 2 is 1.62 bits per heavy atom. The van der Waals surface area contributed by atoms with Crippen LogP contribution in [-0.4, -0.2) is 36.8 Å². The van der Waals surface area contributed by atoms with E-state index < -0.39 is 6.10 Å². The van der Waals surface area contributed by atoms with Gasteiger partial charge in [-0.15, -0.1) is 12.4 Å². The van der Waals surface area contributed by atoms with Gasteiger partial charge in [-0.2, -0.15) is 0 Å². The van der Waals surface area contributed by atoms with E-state index in [1.54, 1.807) is 0 Å². The molecule has 4 heteroatoms. The van der Waals surface area contributed by atoms with E-state index in [0.29, 0.717) is 6.54 Å². The topological polar surface area (TPSA) is 23.5 Å². The van der Waals surface area contributed by atoms with Gasteiger partial charge >= 0.3 is 0 Å². The lowest BCUT2D eigenvalue weighted by atomic mass is 9.86. The minimum atomic E-state index is -0.443. The van der Waals surface area contributed by atoms with Crippen LogP contribution in [0.25, 0.3) is 0 Å². The molecule has 0 aliphatic rings. The van der Waals surface area contributed by atoms with Gasteiger partial charge in [-0.25, -0.2) is 0 Å². The van der Waals surface area contributed by atoms with Crippen LogP contribution in [0.2, 0.25) is 0 Å².